The minimum absolute atomic E-state index is 0.107. The van der Waals surface area contributed by atoms with Crippen molar-refractivity contribution in [2.75, 3.05) is 45.2 Å². The van der Waals surface area contributed by atoms with Crippen LogP contribution in [0.1, 0.15) is 22.5 Å². The van der Waals surface area contributed by atoms with Gasteiger partial charge in [-0.3, -0.25) is 9.69 Å². The molecule has 0 N–H and O–H groups in total. The van der Waals surface area contributed by atoms with Crippen LogP contribution >= 0.6 is 11.6 Å². The Balaban J connectivity index is 1.38. The Morgan fingerprint density at radius 3 is 2.59 bits per heavy atom. The van der Waals surface area contributed by atoms with E-state index in [9.17, 15) is 4.79 Å². The van der Waals surface area contributed by atoms with E-state index in [-0.39, 0.29) is 5.91 Å². The summed E-state index contributed by atoms with van der Waals surface area (Å²) in [5, 5.41) is 1.74. The average molecular weight is 412 g/mol. The summed E-state index contributed by atoms with van der Waals surface area (Å²) in [5.74, 6) is 1.04. The molecule has 4 rings (SSSR count). The van der Waals surface area contributed by atoms with Gasteiger partial charge in [0.05, 0.1) is 6.54 Å². The Morgan fingerprint density at radius 2 is 1.83 bits per heavy atom. The number of carbonyl (C=O) groups excluding carboxylic acids is 1. The van der Waals surface area contributed by atoms with Crippen LogP contribution in [0.3, 0.4) is 0 Å². The second kappa shape index (κ2) is 8.47. The van der Waals surface area contributed by atoms with Gasteiger partial charge in [0.15, 0.2) is 0 Å². The van der Waals surface area contributed by atoms with E-state index in [1.165, 1.54) is 0 Å². The zero-order valence-electron chi connectivity index (χ0n) is 16.9. The van der Waals surface area contributed by atoms with Gasteiger partial charge in [0.2, 0.25) is 0 Å². The lowest BCUT2D eigenvalue weighted by atomic mass is 10.1. The number of hydrogen-bond donors (Lipinski definition) is 0. The first-order valence-electron chi connectivity index (χ1n) is 9.96. The summed E-state index contributed by atoms with van der Waals surface area (Å²) in [4.78, 5) is 19.3. The second-order valence-corrected chi connectivity index (χ2v) is 8.19. The summed E-state index contributed by atoms with van der Waals surface area (Å²) in [6, 6.07) is 15.6. The molecule has 0 atom stereocenters. The molecule has 1 fully saturated rings. The maximum absolute atomic E-state index is 12.9. The maximum Gasteiger partial charge on any atom is 0.253 e. The maximum atomic E-state index is 12.9. The number of carbonyl (C=O) groups is 1. The van der Waals surface area contributed by atoms with Crippen LogP contribution in [0.25, 0.3) is 11.0 Å². The van der Waals surface area contributed by atoms with Gasteiger partial charge < -0.3 is 14.2 Å². The van der Waals surface area contributed by atoms with Crippen LogP contribution in [0.5, 0.6) is 0 Å². The van der Waals surface area contributed by atoms with Crippen molar-refractivity contribution in [2.45, 2.75) is 13.0 Å². The molecule has 1 amide bonds. The molecule has 0 aliphatic carbocycles. The predicted molar refractivity (Wildman–Crippen MR) is 118 cm³/mol. The fraction of sp³-hybridized carbons (Fsp3) is 0.348. The van der Waals surface area contributed by atoms with Gasteiger partial charge in [-0.1, -0.05) is 11.6 Å². The molecular formula is C23H26ClN3O2. The number of nitrogens with zero attached hydrogens (tertiary/aromatic N) is 3. The van der Waals surface area contributed by atoms with E-state index in [0.29, 0.717) is 5.02 Å². The largest absolute Gasteiger partial charge is 0.460 e. The van der Waals surface area contributed by atoms with Crippen LogP contribution in [-0.4, -0.2) is 56.0 Å². The van der Waals surface area contributed by atoms with Crippen molar-refractivity contribution in [1.82, 2.24) is 9.80 Å². The number of anilines is 1. The van der Waals surface area contributed by atoms with E-state index in [2.05, 4.69) is 11.0 Å². The highest BCUT2D eigenvalue weighted by Crippen LogP contribution is 2.24. The third-order valence-electron chi connectivity index (χ3n) is 5.42. The average Bonchev–Trinajstić information content (AvgIpc) is 2.95. The number of amides is 1. The fourth-order valence-electron chi connectivity index (χ4n) is 3.78. The number of hydrogen-bond acceptors (Lipinski definition) is 4. The molecule has 0 saturated carbocycles. The lowest BCUT2D eigenvalue weighted by molar-refractivity contribution is 0.0761. The molecule has 1 saturated heterocycles. The molecule has 6 heteroatoms. The quantitative estimate of drug-likeness (QED) is 0.633. The molecule has 0 bridgehead atoms. The molecule has 1 aliphatic rings. The minimum Gasteiger partial charge on any atom is -0.460 e. The number of rotatable bonds is 4. The van der Waals surface area contributed by atoms with E-state index in [1.807, 2.05) is 66.4 Å². The third kappa shape index (κ3) is 4.57. The number of benzene rings is 2. The zero-order valence-corrected chi connectivity index (χ0v) is 17.7. The van der Waals surface area contributed by atoms with Crippen LogP contribution in [0.15, 0.2) is 52.9 Å². The van der Waals surface area contributed by atoms with Gasteiger partial charge in [0.25, 0.3) is 5.91 Å². The van der Waals surface area contributed by atoms with E-state index in [4.69, 9.17) is 16.0 Å². The lowest BCUT2D eigenvalue weighted by Crippen LogP contribution is -2.35. The molecular weight excluding hydrogens is 386 g/mol. The van der Waals surface area contributed by atoms with Crippen LogP contribution in [0, 0.1) is 0 Å². The SMILES string of the molecule is CN(C)c1ccc(C(=O)N2CCCN(Cc3cc4cc(Cl)ccc4o3)CC2)cc1. The molecule has 1 aromatic heterocycles. The smallest absolute Gasteiger partial charge is 0.253 e. The zero-order chi connectivity index (χ0) is 20.4. The first kappa shape index (κ1) is 19.8. The van der Waals surface area contributed by atoms with Crippen molar-refractivity contribution in [1.29, 1.82) is 0 Å². The van der Waals surface area contributed by atoms with Crippen LogP contribution in [0.2, 0.25) is 5.02 Å². The van der Waals surface area contributed by atoms with Crippen molar-refractivity contribution in [3.8, 4) is 0 Å². The van der Waals surface area contributed by atoms with Crippen molar-refractivity contribution >= 4 is 34.2 Å². The molecule has 2 aromatic carbocycles. The highest BCUT2D eigenvalue weighted by atomic mass is 35.5. The van der Waals surface area contributed by atoms with E-state index >= 15 is 0 Å². The number of halogens is 1. The normalized spacial score (nSPS) is 15.5. The molecule has 2 heterocycles. The summed E-state index contributed by atoms with van der Waals surface area (Å²) in [5.41, 5.74) is 2.70. The van der Waals surface area contributed by atoms with Crippen molar-refractivity contribution < 1.29 is 9.21 Å². The van der Waals surface area contributed by atoms with Crippen molar-refractivity contribution in [2.24, 2.45) is 0 Å². The fourth-order valence-corrected chi connectivity index (χ4v) is 3.96. The van der Waals surface area contributed by atoms with E-state index in [0.717, 1.165) is 67.1 Å². The van der Waals surface area contributed by atoms with Gasteiger partial charge in [-0.2, -0.15) is 0 Å². The van der Waals surface area contributed by atoms with E-state index in [1.54, 1.807) is 0 Å². The monoisotopic (exact) mass is 411 g/mol. The van der Waals surface area contributed by atoms with Gasteiger partial charge in [-0.15, -0.1) is 0 Å². The summed E-state index contributed by atoms with van der Waals surface area (Å²) < 4.78 is 5.96. The lowest BCUT2D eigenvalue weighted by Gasteiger charge is -2.22. The Labute approximate surface area is 176 Å². The number of fused-ring (bicyclic) bond motifs is 1. The molecule has 1 aliphatic heterocycles. The minimum atomic E-state index is 0.107. The van der Waals surface area contributed by atoms with Gasteiger partial charge in [0.1, 0.15) is 11.3 Å². The molecule has 0 unspecified atom stereocenters. The molecule has 3 aromatic rings. The first-order valence-corrected chi connectivity index (χ1v) is 10.3. The number of furan rings is 1. The topological polar surface area (TPSA) is 39.9 Å². The predicted octanol–water partition coefficient (Wildman–Crippen LogP) is 4.50. The van der Waals surface area contributed by atoms with E-state index < -0.39 is 0 Å². The molecule has 0 spiro atoms. The van der Waals surface area contributed by atoms with Crippen LogP contribution in [-0.2, 0) is 6.54 Å². The first-order chi connectivity index (χ1) is 14.0. The van der Waals surface area contributed by atoms with Crippen molar-refractivity contribution in [3.05, 3.63) is 64.9 Å². The molecule has 5 nitrogen and oxygen atoms in total. The van der Waals surface area contributed by atoms with Gasteiger partial charge in [-0.05, 0) is 55.0 Å². The third-order valence-corrected chi connectivity index (χ3v) is 5.65. The van der Waals surface area contributed by atoms with Gasteiger partial charge in [-0.25, -0.2) is 0 Å². The Bertz CT molecular complexity index is 997. The standard InChI is InChI=1S/C23H26ClN3O2/c1-25(2)20-7-4-17(5-8-20)23(28)27-11-3-10-26(12-13-27)16-21-15-18-14-19(24)6-9-22(18)29-21/h4-9,14-15H,3,10-13,16H2,1-2H3. The second-order valence-electron chi connectivity index (χ2n) is 7.76. The highest BCUT2D eigenvalue weighted by Gasteiger charge is 2.21. The highest BCUT2D eigenvalue weighted by molar-refractivity contribution is 6.31. The Kier molecular flexibility index (Phi) is 5.79. The summed E-state index contributed by atoms with van der Waals surface area (Å²) in [7, 11) is 3.99. The van der Waals surface area contributed by atoms with Gasteiger partial charge >= 0.3 is 0 Å². The Morgan fingerprint density at radius 1 is 1.03 bits per heavy atom. The summed E-state index contributed by atoms with van der Waals surface area (Å²) >= 11 is 6.07. The summed E-state index contributed by atoms with van der Waals surface area (Å²) in [6.45, 7) is 4.02. The van der Waals surface area contributed by atoms with Crippen LogP contribution in [0.4, 0.5) is 5.69 Å². The van der Waals surface area contributed by atoms with Crippen molar-refractivity contribution in [3.63, 3.8) is 0 Å². The summed E-state index contributed by atoms with van der Waals surface area (Å²) in [6.07, 6.45) is 0.952. The molecule has 152 valence electrons. The Hall–Kier alpha value is -2.50. The molecule has 0 radical (unpaired) electrons. The molecule has 29 heavy (non-hydrogen) atoms. The van der Waals surface area contributed by atoms with Gasteiger partial charge in [0, 0.05) is 61.9 Å². The van der Waals surface area contributed by atoms with Crippen LogP contribution < -0.4 is 4.90 Å².